The first-order valence-corrected chi connectivity index (χ1v) is 5.06. The monoisotopic (exact) mass is 218 g/mol. The standard InChI is InChI=1S/C11H14N4O/c1-8-5-10(14-13-8)12-11(16)6-9-3-4-15(2)7-9/h3-5,7H,6H2,1-2H3,(H2,12,13,14,16). The molecule has 0 saturated carbocycles. The molecule has 84 valence electrons. The highest BCUT2D eigenvalue weighted by Gasteiger charge is 2.06. The highest BCUT2D eigenvalue weighted by atomic mass is 16.1. The number of nitrogens with zero attached hydrogens (tertiary/aromatic N) is 2. The van der Waals surface area contributed by atoms with Crippen LogP contribution in [0, 0.1) is 6.92 Å². The predicted octanol–water partition coefficient (Wildman–Crippen LogP) is 1.24. The van der Waals surface area contributed by atoms with E-state index in [1.807, 2.05) is 37.0 Å². The van der Waals surface area contributed by atoms with Crippen molar-refractivity contribution in [3.05, 3.63) is 35.8 Å². The molecule has 16 heavy (non-hydrogen) atoms. The Balaban J connectivity index is 1.94. The zero-order chi connectivity index (χ0) is 11.5. The Kier molecular flexibility index (Phi) is 2.76. The zero-order valence-corrected chi connectivity index (χ0v) is 9.32. The Morgan fingerprint density at radius 2 is 2.44 bits per heavy atom. The minimum Gasteiger partial charge on any atom is -0.357 e. The number of amides is 1. The number of anilines is 1. The Hall–Kier alpha value is -2.04. The number of carbonyl (C=O) groups is 1. The lowest BCUT2D eigenvalue weighted by molar-refractivity contribution is -0.115. The molecule has 0 radical (unpaired) electrons. The SMILES string of the molecule is Cc1cc(NC(=O)Cc2ccn(C)c2)n[nH]1. The van der Waals surface area contributed by atoms with Gasteiger partial charge in [0.15, 0.2) is 5.82 Å². The van der Waals surface area contributed by atoms with Crippen molar-refractivity contribution >= 4 is 11.7 Å². The van der Waals surface area contributed by atoms with Crippen molar-refractivity contribution in [2.24, 2.45) is 7.05 Å². The van der Waals surface area contributed by atoms with Crippen LogP contribution in [0.15, 0.2) is 24.5 Å². The summed E-state index contributed by atoms with van der Waals surface area (Å²) in [4.78, 5) is 11.6. The van der Waals surface area contributed by atoms with Crippen LogP contribution in [0.2, 0.25) is 0 Å². The smallest absolute Gasteiger partial charge is 0.230 e. The maximum atomic E-state index is 11.6. The van der Waals surface area contributed by atoms with Gasteiger partial charge in [-0.15, -0.1) is 0 Å². The molecule has 2 heterocycles. The van der Waals surface area contributed by atoms with E-state index in [1.54, 1.807) is 6.07 Å². The van der Waals surface area contributed by atoms with Crippen LogP contribution < -0.4 is 5.32 Å². The average molecular weight is 218 g/mol. The second-order valence-corrected chi connectivity index (χ2v) is 3.85. The number of carbonyl (C=O) groups excluding carboxylic acids is 1. The number of aryl methyl sites for hydroxylation is 2. The van der Waals surface area contributed by atoms with Gasteiger partial charge in [-0.25, -0.2) is 0 Å². The predicted molar refractivity (Wildman–Crippen MR) is 61.1 cm³/mol. The molecule has 0 aliphatic carbocycles. The van der Waals surface area contributed by atoms with Crippen LogP contribution in [0.5, 0.6) is 0 Å². The number of aromatic amines is 1. The van der Waals surface area contributed by atoms with Crippen LogP contribution in [0.25, 0.3) is 0 Å². The van der Waals surface area contributed by atoms with E-state index in [0.29, 0.717) is 12.2 Å². The van der Waals surface area contributed by atoms with Gasteiger partial charge in [0.25, 0.3) is 0 Å². The quantitative estimate of drug-likeness (QED) is 0.814. The molecular weight excluding hydrogens is 204 g/mol. The zero-order valence-electron chi connectivity index (χ0n) is 9.32. The summed E-state index contributed by atoms with van der Waals surface area (Å²) in [6, 6.07) is 3.72. The van der Waals surface area contributed by atoms with E-state index in [1.165, 1.54) is 0 Å². The van der Waals surface area contributed by atoms with Crippen molar-refractivity contribution in [3.8, 4) is 0 Å². The second kappa shape index (κ2) is 4.22. The van der Waals surface area contributed by atoms with Gasteiger partial charge in [-0.2, -0.15) is 5.10 Å². The van der Waals surface area contributed by atoms with Gasteiger partial charge in [0.1, 0.15) is 0 Å². The molecule has 2 aromatic rings. The Labute approximate surface area is 93.5 Å². The first-order valence-electron chi connectivity index (χ1n) is 5.06. The van der Waals surface area contributed by atoms with Crippen LogP contribution in [-0.4, -0.2) is 20.7 Å². The third kappa shape index (κ3) is 2.50. The van der Waals surface area contributed by atoms with E-state index in [-0.39, 0.29) is 5.91 Å². The van der Waals surface area contributed by atoms with E-state index in [0.717, 1.165) is 11.3 Å². The molecule has 0 atom stereocenters. The fourth-order valence-electron chi connectivity index (χ4n) is 1.52. The van der Waals surface area contributed by atoms with E-state index in [9.17, 15) is 4.79 Å². The molecule has 0 aromatic carbocycles. The molecule has 0 unspecified atom stereocenters. The molecule has 2 rings (SSSR count). The minimum absolute atomic E-state index is 0.0577. The average Bonchev–Trinajstić information content (AvgIpc) is 2.76. The highest BCUT2D eigenvalue weighted by Crippen LogP contribution is 2.06. The van der Waals surface area contributed by atoms with E-state index in [4.69, 9.17) is 0 Å². The van der Waals surface area contributed by atoms with Crippen molar-refractivity contribution in [1.82, 2.24) is 14.8 Å². The molecule has 0 aliphatic heterocycles. The molecular formula is C11H14N4O. The van der Waals surface area contributed by atoms with Gasteiger partial charge in [-0.1, -0.05) is 0 Å². The minimum atomic E-state index is -0.0577. The summed E-state index contributed by atoms with van der Waals surface area (Å²) >= 11 is 0. The molecule has 1 amide bonds. The fraction of sp³-hybridized carbons (Fsp3) is 0.273. The molecule has 2 N–H and O–H groups in total. The first kappa shape index (κ1) is 10.5. The fourth-order valence-corrected chi connectivity index (χ4v) is 1.52. The van der Waals surface area contributed by atoms with Gasteiger partial charge in [0, 0.05) is 31.2 Å². The van der Waals surface area contributed by atoms with Crippen molar-refractivity contribution in [3.63, 3.8) is 0 Å². The number of H-pyrrole nitrogens is 1. The van der Waals surface area contributed by atoms with Gasteiger partial charge >= 0.3 is 0 Å². The molecule has 5 heteroatoms. The lowest BCUT2D eigenvalue weighted by Crippen LogP contribution is -2.14. The molecule has 0 bridgehead atoms. The summed E-state index contributed by atoms with van der Waals surface area (Å²) in [5.74, 6) is 0.510. The van der Waals surface area contributed by atoms with Crippen LogP contribution in [-0.2, 0) is 18.3 Å². The van der Waals surface area contributed by atoms with E-state index >= 15 is 0 Å². The largest absolute Gasteiger partial charge is 0.357 e. The molecule has 5 nitrogen and oxygen atoms in total. The summed E-state index contributed by atoms with van der Waals surface area (Å²) < 4.78 is 1.92. The summed E-state index contributed by atoms with van der Waals surface area (Å²) in [6.07, 6.45) is 4.21. The molecule has 0 aliphatic rings. The summed E-state index contributed by atoms with van der Waals surface area (Å²) in [5.41, 5.74) is 1.92. The van der Waals surface area contributed by atoms with E-state index < -0.39 is 0 Å². The van der Waals surface area contributed by atoms with Crippen LogP contribution in [0.3, 0.4) is 0 Å². The van der Waals surface area contributed by atoms with Crippen LogP contribution in [0.1, 0.15) is 11.3 Å². The molecule has 0 spiro atoms. The maximum Gasteiger partial charge on any atom is 0.230 e. The van der Waals surface area contributed by atoms with Gasteiger partial charge in [-0.3, -0.25) is 9.89 Å². The van der Waals surface area contributed by atoms with Crippen molar-refractivity contribution < 1.29 is 4.79 Å². The summed E-state index contributed by atoms with van der Waals surface area (Å²) in [6.45, 7) is 1.89. The topological polar surface area (TPSA) is 62.7 Å². The Morgan fingerprint density at radius 3 is 3.00 bits per heavy atom. The highest BCUT2D eigenvalue weighted by molar-refractivity contribution is 5.91. The summed E-state index contributed by atoms with van der Waals surface area (Å²) in [5, 5.41) is 9.44. The van der Waals surface area contributed by atoms with Gasteiger partial charge in [0.2, 0.25) is 5.91 Å². The number of aromatic nitrogens is 3. The Morgan fingerprint density at radius 1 is 1.62 bits per heavy atom. The maximum absolute atomic E-state index is 11.6. The van der Waals surface area contributed by atoms with Gasteiger partial charge in [0.05, 0.1) is 6.42 Å². The van der Waals surface area contributed by atoms with Gasteiger partial charge in [-0.05, 0) is 18.6 Å². The Bertz CT molecular complexity index is 453. The van der Waals surface area contributed by atoms with E-state index in [2.05, 4.69) is 15.5 Å². The number of hydrogen-bond acceptors (Lipinski definition) is 2. The summed E-state index contributed by atoms with van der Waals surface area (Å²) in [7, 11) is 1.93. The van der Waals surface area contributed by atoms with Crippen molar-refractivity contribution in [2.45, 2.75) is 13.3 Å². The number of rotatable bonds is 3. The van der Waals surface area contributed by atoms with Crippen LogP contribution >= 0.6 is 0 Å². The number of nitrogens with one attached hydrogen (secondary N) is 2. The third-order valence-electron chi connectivity index (χ3n) is 2.23. The molecule has 2 aromatic heterocycles. The first-order chi connectivity index (χ1) is 7.63. The normalized spacial score (nSPS) is 10.4. The lowest BCUT2D eigenvalue weighted by Gasteiger charge is -1.99. The molecule has 0 saturated heterocycles. The van der Waals surface area contributed by atoms with Gasteiger partial charge < -0.3 is 9.88 Å². The number of hydrogen-bond donors (Lipinski definition) is 2. The van der Waals surface area contributed by atoms with Crippen LogP contribution in [0.4, 0.5) is 5.82 Å². The van der Waals surface area contributed by atoms with Crippen molar-refractivity contribution in [1.29, 1.82) is 0 Å². The van der Waals surface area contributed by atoms with Crippen molar-refractivity contribution in [2.75, 3.05) is 5.32 Å². The lowest BCUT2D eigenvalue weighted by atomic mass is 10.2. The second-order valence-electron chi connectivity index (χ2n) is 3.85. The molecule has 0 fully saturated rings. The third-order valence-corrected chi connectivity index (χ3v) is 2.23.